The van der Waals surface area contributed by atoms with Gasteiger partial charge >= 0.3 is 0 Å². The molecular formula is C23H30N4O. The number of nitrogen functional groups attached to an aromatic ring is 1. The maximum Gasteiger partial charge on any atom is 0.254 e. The van der Waals surface area contributed by atoms with Crippen LogP contribution in [0.4, 0.5) is 5.82 Å². The molecule has 1 aromatic carbocycles. The monoisotopic (exact) mass is 378 g/mol. The summed E-state index contributed by atoms with van der Waals surface area (Å²) in [6.07, 6.45) is 6.01. The highest BCUT2D eigenvalue weighted by atomic mass is 16.2. The smallest absolute Gasteiger partial charge is 0.254 e. The summed E-state index contributed by atoms with van der Waals surface area (Å²) < 4.78 is 0. The zero-order valence-electron chi connectivity index (χ0n) is 16.7. The summed E-state index contributed by atoms with van der Waals surface area (Å²) in [4.78, 5) is 22.4. The van der Waals surface area contributed by atoms with E-state index in [4.69, 9.17) is 5.73 Å². The fourth-order valence-electron chi connectivity index (χ4n) is 4.59. The highest BCUT2D eigenvalue weighted by Gasteiger charge is 2.29. The number of hydrogen-bond donors (Lipinski definition) is 1. The fourth-order valence-corrected chi connectivity index (χ4v) is 4.59. The molecule has 2 aromatic rings. The summed E-state index contributed by atoms with van der Waals surface area (Å²) in [7, 11) is 0. The van der Waals surface area contributed by atoms with Crippen LogP contribution in [0, 0.1) is 6.92 Å². The van der Waals surface area contributed by atoms with Gasteiger partial charge < -0.3 is 15.5 Å². The fraction of sp³-hybridized carbons (Fsp3) is 0.478. The van der Waals surface area contributed by atoms with Crippen molar-refractivity contribution in [2.24, 2.45) is 0 Å². The van der Waals surface area contributed by atoms with Crippen LogP contribution in [0.1, 0.15) is 48.2 Å². The maximum absolute atomic E-state index is 13.4. The first kappa shape index (κ1) is 18.9. The Morgan fingerprint density at radius 3 is 2.68 bits per heavy atom. The molecule has 2 N–H and O–H groups in total. The van der Waals surface area contributed by atoms with Crippen molar-refractivity contribution in [3.63, 3.8) is 0 Å². The first-order valence-corrected chi connectivity index (χ1v) is 10.5. The molecule has 5 heteroatoms. The van der Waals surface area contributed by atoms with Crippen molar-refractivity contribution in [1.29, 1.82) is 0 Å². The first-order chi connectivity index (χ1) is 13.6. The van der Waals surface area contributed by atoms with Gasteiger partial charge in [-0.1, -0.05) is 12.1 Å². The lowest BCUT2D eigenvalue weighted by molar-refractivity contribution is 0.0560. The maximum atomic E-state index is 13.4. The van der Waals surface area contributed by atoms with Gasteiger partial charge in [0.2, 0.25) is 0 Å². The van der Waals surface area contributed by atoms with Crippen LogP contribution in [-0.4, -0.2) is 52.9 Å². The number of aromatic nitrogens is 1. The van der Waals surface area contributed by atoms with E-state index in [9.17, 15) is 4.79 Å². The molecule has 5 nitrogen and oxygen atoms in total. The summed E-state index contributed by atoms with van der Waals surface area (Å²) in [5.41, 5.74) is 9.48. The Hall–Kier alpha value is -2.40. The zero-order valence-corrected chi connectivity index (χ0v) is 16.7. The zero-order chi connectivity index (χ0) is 19.5. The number of pyridine rings is 1. The molecule has 1 amide bonds. The van der Waals surface area contributed by atoms with Gasteiger partial charge in [-0.05, 0) is 81.9 Å². The number of nitrogens with zero attached hydrogens (tertiary/aromatic N) is 3. The van der Waals surface area contributed by atoms with Crippen molar-refractivity contribution in [2.45, 2.75) is 45.1 Å². The van der Waals surface area contributed by atoms with E-state index in [-0.39, 0.29) is 5.91 Å². The van der Waals surface area contributed by atoms with Crippen LogP contribution in [0.5, 0.6) is 0 Å². The summed E-state index contributed by atoms with van der Waals surface area (Å²) in [6, 6.07) is 12.1. The molecule has 0 unspecified atom stereocenters. The Bertz CT molecular complexity index is 844. The normalized spacial score (nSPS) is 20.5. The first-order valence-electron chi connectivity index (χ1n) is 10.5. The molecule has 2 aliphatic heterocycles. The Balaban J connectivity index is 1.56. The minimum absolute atomic E-state index is 0.159. The Morgan fingerprint density at radius 2 is 1.89 bits per heavy atom. The third-order valence-corrected chi connectivity index (χ3v) is 6.08. The Morgan fingerprint density at radius 1 is 1.11 bits per heavy atom. The molecule has 3 heterocycles. The second-order valence-corrected chi connectivity index (χ2v) is 8.11. The average Bonchev–Trinajstić information content (AvgIpc) is 3.21. The van der Waals surface area contributed by atoms with Crippen LogP contribution < -0.4 is 5.73 Å². The summed E-state index contributed by atoms with van der Waals surface area (Å²) in [5, 5.41) is 0. The highest BCUT2D eigenvalue weighted by Crippen LogP contribution is 2.26. The Kier molecular flexibility index (Phi) is 5.62. The number of piperidine rings is 1. The van der Waals surface area contributed by atoms with E-state index in [1.54, 1.807) is 0 Å². The standard InChI is InChI=1S/C23H30N4O/c1-17-21(10-11-22(24)25-17)18-7-6-8-19(15-18)23(28)27-14-3-2-9-20(27)16-26-12-4-5-13-26/h6-8,10-11,15,20H,2-5,9,12-14,16H2,1H3,(H2,24,25)/t20-/m1/s1. The van der Waals surface area contributed by atoms with Crippen LogP contribution in [-0.2, 0) is 0 Å². The van der Waals surface area contributed by atoms with E-state index in [1.807, 2.05) is 43.3 Å². The van der Waals surface area contributed by atoms with E-state index < -0.39 is 0 Å². The molecular weight excluding hydrogens is 348 g/mol. The lowest BCUT2D eigenvalue weighted by Gasteiger charge is -2.38. The third-order valence-electron chi connectivity index (χ3n) is 6.08. The molecule has 2 fully saturated rings. The van der Waals surface area contributed by atoms with Gasteiger partial charge in [0.05, 0.1) is 0 Å². The van der Waals surface area contributed by atoms with Crippen molar-refractivity contribution >= 4 is 11.7 Å². The number of carbonyl (C=O) groups excluding carboxylic acids is 1. The van der Waals surface area contributed by atoms with Crippen LogP contribution in [0.3, 0.4) is 0 Å². The van der Waals surface area contributed by atoms with Crippen LogP contribution in [0.25, 0.3) is 11.1 Å². The van der Waals surface area contributed by atoms with Crippen molar-refractivity contribution < 1.29 is 4.79 Å². The third kappa shape index (κ3) is 4.04. The van der Waals surface area contributed by atoms with Crippen LogP contribution in [0.2, 0.25) is 0 Å². The number of aryl methyl sites for hydroxylation is 1. The van der Waals surface area contributed by atoms with E-state index >= 15 is 0 Å². The number of likely N-dealkylation sites (tertiary alicyclic amines) is 2. The molecule has 0 aliphatic carbocycles. The number of carbonyl (C=O) groups is 1. The topological polar surface area (TPSA) is 62.5 Å². The molecule has 0 spiro atoms. The predicted octanol–water partition coefficient (Wildman–Crippen LogP) is 3.73. The van der Waals surface area contributed by atoms with Crippen LogP contribution in [0.15, 0.2) is 36.4 Å². The second kappa shape index (κ2) is 8.31. The summed E-state index contributed by atoms with van der Waals surface area (Å²) >= 11 is 0. The number of anilines is 1. The van der Waals surface area contributed by atoms with Gasteiger partial charge in [-0.15, -0.1) is 0 Å². The number of benzene rings is 1. The summed E-state index contributed by atoms with van der Waals surface area (Å²) in [5.74, 6) is 0.679. The van der Waals surface area contributed by atoms with Gasteiger partial charge in [0.25, 0.3) is 5.91 Å². The quantitative estimate of drug-likeness (QED) is 0.881. The molecule has 28 heavy (non-hydrogen) atoms. The predicted molar refractivity (Wildman–Crippen MR) is 113 cm³/mol. The molecule has 4 rings (SSSR count). The number of hydrogen-bond acceptors (Lipinski definition) is 4. The second-order valence-electron chi connectivity index (χ2n) is 8.11. The van der Waals surface area contributed by atoms with E-state index in [2.05, 4.69) is 14.8 Å². The Labute approximate surface area is 167 Å². The number of amides is 1. The van der Waals surface area contributed by atoms with Gasteiger partial charge in [-0.2, -0.15) is 0 Å². The van der Waals surface area contributed by atoms with Gasteiger partial charge in [0.15, 0.2) is 0 Å². The van der Waals surface area contributed by atoms with E-state index in [0.29, 0.717) is 11.9 Å². The van der Waals surface area contributed by atoms with Gasteiger partial charge in [-0.3, -0.25) is 4.79 Å². The van der Waals surface area contributed by atoms with Gasteiger partial charge in [0, 0.05) is 36.0 Å². The summed E-state index contributed by atoms with van der Waals surface area (Å²) in [6.45, 7) is 6.20. The minimum Gasteiger partial charge on any atom is -0.384 e. The van der Waals surface area contributed by atoms with Crippen molar-refractivity contribution in [2.75, 3.05) is 31.9 Å². The SMILES string of the molecule is Cc1nc(N)ccc1-c1cccc(C(=O)N2CCCC[C@@H]2CN2CCCC2)c1. The molecule has 2 aliphatic rings. The van der Waals surface area contributed by atoms with Crippen molar-refractivity contribution in [3.8, 4) is 11.1 Å². The molecule has 0 bridgehead atoms. The molecule has 0 radical (unpaired) electrons. The lowest BCUT2D eigenvalue weighted by Crippen LogP contribution is -2.49. The molecule has 1 aromatic heterocycles. The molecule has 2 saturated heterocycles. The van der Waals surface area contributed by atoms with E-state index in [1.165, 1.54) is 32.4 Å². The van der Waals surface area contributed by atoms with E-state index in [0.717, 1.165) is 48.3 Å². The molecule has 148 valence electrons. The number of nitrogens with two attached hydrogens (primary N) is 1. The van der Waals surface area contributed by atoms with Crippen LogP contribution >= 0.6 is 0 Å². The minimum atomic E-state index is 0.159. The molecule has 1 atom stereocenters. The number of rotatable bonds is 4. The van der Waals surface area contributed by atoms with Gasteiger partial charge in [0.1, 0.15) is 5.82 Å². The highest BCUT2D eigenvalue weighted by molar-refractivity contribution is 5.95. The lowest BCUT2D eigenvalue weighted by atomic mass is 9.98. The average molecular weight is 379 g/mol. The van der Waals surface area contributed by atoms with Crippen molar-refractivity contribution in [3.05, 3.63) is 47.7 Å². The molecule has 0 saturated carbocycles. The van der Waals surface area contributed by atoms with Crippen molar-refractivity contribution in [1.82, 2.24) is 14.8 Å². The largest absolute Gasteiger partial charge is 0.384 e. The van der Waals surface area contributed by atoms with Gasteiger partial charge in [-0.25, -0.2) is 4.98 Å².